The van der Waals surface area contributed by atoms with Gasteiger partial charge in [0.15, 0.2) is 0 Å². The highest BCUT2D eigenvalue weighted by Gasteiger charge is 2.17. The van der Waals surface area contributed by atoms with Crippen LogP contribution >= 0.6 is 0 Å². The van der Waals surface area contributed by atoms with E-state index in [-0.39, 0.29) is 88.1 Å². The molecular weight excluding hydrogens is 827 g/mol. The minimum absolute atomic E-state index is 0.0229. The van der Waals surface area contributed by atoms with Gasteiger partial charge in [-0.3, -0.25) is 14.4 Å². The van der Waals surface area contributed by atoms with Crippen molar-refractivity contribution >= 4 is 39.7 Å². The Labute approximate surface area is 363 Å². The molecule has 3 rings (SSSR count). The van der Waals surface area contributed by atoms with Crippen LogP contribution in [0.1, 0.15) is 93.0 Å². The van der Waals surface area contributed by atoms with Crippen LogP contribution in [0.2, 0.25) is 0 Å². The first-order valence-electron chi connectivity index (χ1n) is 21.0. The number of unbranched alkanes of at least 4 members (excludes halogenated alkanes) is 10. The van der Waals surface area contributed by atoms with Gasteiger partial charge in [-0.05, 0) is 61.2 Å². The summed E-state index contributed by atoms with van der Waals surface area (Å²) in [5, 5.41) is 22.4. The number of rotatable bonds is 36. The fourth-order valence-corrected chi connectivity index (χ4v) is 6.80. The van der Waals surface area contributed by atoms with Crippen molar-refractivity contribution < 1.29 is 61.5 Å². The van der Waals surface area contributed by atoms with Crippen molar-refractivity contribution in [3.05, 3.63) is 72.1 Å². The Bertz CT molecular complexity index is 1850. The minimum Gasteiger partial charge on any atom is -0.481 e. The van der Waals surface area contributed by atoms with Crippen molar-refractivity contribution in [2.24, 2.45) is 0 Å². The number of nitrogens with one attached hydrogen (secondary N) is 3. The Kier molecular flexibility index (Phi) is 25.4. The quantitative estimate of drug-likeness (QED) is 0.0460. The third kappa shape index (κ3) is 23.7. The molecule has 1 heterocycles. The summed E-state index contributed by atoms with van der Waals surface area (Å²) in [7, 11) is -4.03. The molecule has 0 fully saturated rings. The second-order valence-corrected chi connectivity index (χ2v) is 15.9. The second kappa shape index (κ2) is 30.8. The predicted molar refractivity (Wildman–Crippen MR) is 229 cm³/mol. The summed E-state index contributed by atoms with van der Waals surface area (Å²) in [4.78, 5) is 53.0. The van der Waals surface area contributed by atoms with Crippen LogP contribution < -0.4 is 20.1 Å². The van der Waals surface area contributed by atoms with Gasteiger partial charge in [0.25, 0.3) is 15.9 Å². The van der Waals surface area contributed by atoms with E-state index in [4.69, 9.17) is 33.9 Å². The zero-order valence-corrected chi connectivity index (χ0v) is 36.0. The van der Waals surface area contributed by atoms with E-state index < -0.39 is 34.5 Å². The minimum atomic E-state index is -4.03. The van der Waals surface area contributed by atoms with Gasteiger partial charge in [0.1, 0.15) is 24.7 Å². The van der Waals surface area contributed by atoms with E-state index in [9.17, 15) is 27.6 Å². The molecule has 0 atom stereocenters. The fraction of sp³-hybridized carbons (Fsp3) is 0.535. The zero-order valence-electron chi connectivity index (χ0n) is 35.2. The molecule has 5 N–H and O–H groups in total. The Morgan fingerprint density at radius 2 is 1.06 bits per heavy atom. The lowest BCUT2D eigenvalue weighted by atomic mass is 10.0. The third-order valence-electron chi connectivity index (χ3n) is 9.09. The Hall–Kier alpha value is -5.21. The lowest BCUT2D eigenvalue weighted by Crippen LogP contribution is -2.31. The monoisotopic (exact) mass is 887 g/mol. The van der Waals surface area contributed by atoms with Crippen molar-refractivity contribution in [3.63, 3.8) is 0 Å². The Morgan fingerprint density at radius 1 is 0.565 bits per heavy atom. The van der Waals surface area contributed by atoms with Crippen LogP contribution in [0.15, 0.2) is 65.8 Å². The average molecular weight is 888 g/mol. The number of carbonyl (C=O) groups is 4. The van der Waals surface area contributed by atoms with Crippen molar-refractivity contribution in [2.75, 3.05) is 70.7 Å². The number of aliphatic carboxylic acids is 2. The molecule has 0 radical (unpaired) electrons. The van der Waals surface area contributed by atoms with Crippen LogP contribution in [-0.2, 0) is 49.8 Å². The molecule has 0 saturated carbocycles. The molecule has 0 spiro atoms. The first kappa shape index (κ1) is 51.1. The standard InChI is InChI=1S/C43H61N5O13S/c49-39(44-22-24-57-27-29-60-33-41(52)53)32-59-28-26-58-25-23-45-42(54)35-30-46-43(47-31-35)48-62(55,56)38-20-18-37(19-21-38)61-36-16-14-34(15-17-36)12-10-8-6-4-2-1-3-5-7-9-11-13-40(50)51/h14-21,30-31H,1-13,22-29,32-33H2,(H,44,49)(H,45,54)(H,50,51)(H,52,53)(H,46,47,48). The number of carboxylic acids is 2. The van der Waals surface area contributed by atoms with Crippen molar-refractivity contribution in [1.29, 1.82) is 0 Å². The first-order chi connectivity index (χ1) is 30.0. The van der Waals surface area contributed by atoms with E-state index >= 15 is 0 Å². The summed E-state index contributed by atoms with van der Waals surface area (Å²) in [6, 6.07) is 13.8. The molecule has 0 aliphatic rings. The van der Waals surface area contributed by atoms with Crippen LogP contribution in [-0.4, -0.2) is 118 Å². The van der Waals surface area contributed by atoms with Gasteiger partial charge >= 0.3 is 11.9 Å². The molecule has 0 aliphatic heterocycles. The van der Waals surface area contributed by atoms with E-state index in [0.29, 0.717) is 11.5 Å². The molecule has 0 saturated heterocycles. The SMILES string of the molecule is O=C(O)CCCCCCCCCCCCCc1ccc(Oc2ccc(S(=O)(=O)Nc3ncc(C(=O)NCCOCCOCC(=O)NCCOCCOCC(=O)O)cn3)cc2)cc1. The number of sulfonamides is 1. The number of aromatic nitrogens is 2. The maximum absolute atomic E-state index is 13.0. The van der Waals surface area contributed by atoms with E-state index in [1.807, 2.05) is 24.3 Å². The number of aryl methyl sites for hydroxylation is 1. The Morgan fingerprint density at radius 3 is 1.63 bits per heavy atom. The highest BCUT2D eigenvalue weighted by atomic mass is 32.2. The fourth-order valence-electron chi connectivity index (χ4n) is 5.84. The highest BCUT2D eigenvalue weighted by molar-refractivity contribution is 7.92. The lowest BCUT2D eigenvalue weighted by Gasteiger charge is -2.10. The van der Waals surface area contributed by atoms with Gasteiger partial charge in [0.2, 0.25) is 11.9 Å². The van der Waals surface area contributed by atoms with Gasteiger partial charge in [-0.1, -0.05) is 69.9 Å². The number of nitrogens with zero attached hydrogens (tertiary/aromatic N) is 2. The molecule has 2 amide bonds. The van der Waals surface area contributed by atoms with Crippen molar-refractivity contribution in [3.8, 4) is 11.5 Å². The van der Waals surface area contributed by atoms with Crippen LogP contribution in [0.4, 0.5) is 5.95 Å². The summed E-state index contributed by atoms with van der Waals surface area (Å²) >= 11 is 0. The van der Waals surface area contributed by atoms with Gasteiger partial charge in [-0.15, -0.1) is 0 Å². The summed E-state index contributed by atoms with van der Waals surface area (Å²) in [5.74, 6) is -1.67. The number of carboxylic acid groups (broad SMARTS) is 2. The first-order valence-corrected chi connectivity index (χ1v) is 22.5. The third-order valence-corrected chi connectivity index (χ3v) is 10.4. The smallest absolute Gasteiger partial charge is 0.329 e. The summed E-state index contributed by atoms with van der Waals surface area (Å²) < 4.78 is 54.9. The normalized spacial score (nSPS) is 11.2. The molecule has 3 aromatic rings. The number of hydrogen-bond acceptors (Lipinski definition) is 13. The van der Waals surface area contributed by atoms with Gasteiger partial charge in [-0.25, -0.2) is 27.9 Å². The predicted octanol–water partition coefficient (Wildman–Crippen LogP) is 5.38. The van der Waals surface area contributed by atoms with Crippen LogP contribution in [0.3, 0.4) is 0 Å². The van der Waals surface area contributed by atoms with Crippen LogP contribution in [0.25, 0.3) is 0 Å². The molecule has 0 unspecified atom stereocenters. The largest absolute Gasteiger partial charge is 0.481 e. The maximum atomic E-state index is 13.0. The number of carbonyl (C=O) groups excluding carboxylic acids is 2. The number of ether oxygens (including phenoxy) is 5. The number of anilines is 1. The molecule has 2 aromatic carbocycles. The molecule has 0 bridgehead atoms. The topological polar surface area (TPSA) is 251 Å². The number of benzene rings is 2. The lowest BCUT2D eigenvalue weighted by molar-refractivity contribution is -0.143. The summed E-state index contributed by atoms with van der Waals surface area (Å²) in [5.41, 5.74) is 1.35. The molecule has 0 aliphatic carbocycles. The molecule has 342 valence electrons. The van der Waals surface area contributed by atoms with E-state index in [1.165, 1.54) is 75.0 Å². The van der Waals surface area contributed by atoms with E-state index in [1.54, 1.807) is 12.1 Å². The summed E-state index contributed by atoms with van der Waals surface area (Å²) in [6.45, 7) is 0.978. The Balaban J connectivity index is 1.23. The zero-order chi connectivity index (χ0) is 44.7. The summed E-state index contributed by atoms with van der Waals surface area (Å²) in [6.07, 6.45) is 16.3. The molecule has 18 nitrogen and oxygen atoms in total. The molecule has 1 aromatic heterocycles. The molecule has 19 heteroatoms. The molecule has 62 heavy (non-hydrogen) atoms. The average Bonchev–Trinajstić information content (AvgIpc) is 3.25. The van der Waals surface area contributed by atoms with Gasteiger partial charge in [0, 0.05) is 31.9 Å². The van der Waals surface area contributed by atoms with Gasteiger partial charge in [-0.2, -0.15) is 0 Å². The van der Waals surface area contributed by atoms with Crippen molar-refractivity contribution in [1.82, 2.24) is 20.6 Å². The maximum Gasteiger partial charge on any atom is 0.329 e. The number of amides is 2. The number of hydrogen-bond donors (Lipinski definition) is 5. The van der Waals surface area contributed by atoms with E-state index in [0.717, 1.165) is 32.1 Å². The van der Waals surface area contributed by atoms with Crippen LogP contribution in [0.5, 0.6) is 11.5 Å². The van der Waals surface area contributed by atoms with Crippen molar-refractivity contribution in [2.45, 2.75) is 88.4 Å². The highest BCUT2D eigenvalue weighted by Crippen LogP contribution is 2.24. The van der Waals surface area contributed by atoms with Gasteiger partial charge < -0.3 is 44.5 Å². The molecular formula is C43H61N5O13S. The second-order valence-electron chi connectivity index (χ2n) is 14.2. The van der Waals surface area contributed by atoms with Crippen LogP contribution in [0, 0.1) is 0 Å². The van der Waals surface area contributed by atoms with E-state index in [2.05, 4.69) is 25.3 Å². The van der Waals surface area contributed by atoms with Gasteiger partial charge in [0.05, 0.1) is 50.1 Å².